The van der Waals surface area contributed by atoms with E-state index in [1.807, 2.05) is 12.1 Å². The average molecular weight is 299 g/mol. The van der Waals surface area contributed by atoms with Crippen LogP contribution in [-0.4, -0.2) is 31.1 Å². The van der Waals surface area contributed by atoms with Crippen molar-refractivity contribution < 1.29 is 9.72 Å². The van der Waals surface area contributed by atoms with E-state index in [0.29, 0.717) is 11.4 Å². The number of para-hydroxylation sites is 2. The van der Waals surface area contributed by atoms with Gasteiger partial charge in [-0.2, -0.15) is 0 Å². The molecule has 0 aromatic heterocycles. The molecule has 0 heterocycles. The summed E-state index contributed by atoms with van der Waals surface area (Å²) in [6.45, 7) is 0. The van der Waals surface area contributed by atoms with Gasteiger partial charge >= 0.3 is 12.1 Å². The number of anilines is 2. The van der Waals surface area contributed by atoms with Crippen molar-refractivity contribution in [1.29, 1.82) is 0 Å². The fraction of sp³-hybridized carbons (Fsp3) is 0.188. The summed E-state index contributed by atoms with van der Waals surface area (Å²) in [5.41, 5.74) is 1.22. The third kappa shape index (κ3) is 3.22. The van der Waals surface area contributed by atoms with Crippen molar-refractivity contribution in [2.75, 3.05) is 23.9 Å². The summed E-state index contributed by atoms with van der Waals surface area (Å²) in [7, 11) is 3.08. The molecule has 2 rings (SSSR count). The van der Waals surface area contributed by atoms with Crippen molar-refractivity contribution in [3.8, 4) is 0 Å². The number of hydrogen-bond donors (Lipinski definition) is 0. The summed E-state index contributed by atoms with van der Waals surface area (Å²) in [6, 6.07) is 17.7. The molecule has 0 aliphatic rings. The molecule has 0 saturated carbocycles. The van der Waals surface area contributed by atoms with Gasteiger partial charge in [-0.3, -0.25) is 14.9 Å². The summed E-state index contributed by atoms with van der Waals surface area (Å²) in [5, 5.41) is 11.4. The number of carbonyl (C=O) groups is 1. The lowest BCUT2D eigenvalue weighted by atomic mass is 10.2. The second-order valence-electron chi connectivity index (χ2n) is 4.84. The van der Waals surface area contributed by atoms with Gasteiger partial charge < -0.3 is 9.80 Å². The SMILES string of the molecule is CN(C(=O)[C@@H](N(C)c1ccccc1)[N+](=O)[O-])c1ccccc1. The highest BCUT2D eigenvalue weighted by molar-refractivity contribution is 5.97. The zero-order valence-electron chi connectivity index (χ0n) is 12.4. The normalized spacial score (nSPS) is 11.5. The molecule has 1 atom stereocenters. The molecule has 1 amide bonds. The quantitative estimate of drug-likeness (QED) is 0.483. The summed E-state index contributed by atoms with van der Waals surface area (Å²) < 4.78 is 0. The van der Waals surface area contributed by atoms with Gasteiger partial charge in [0.05, 0.1) is 4.92 Å². The van der Waals surface area contributed by atoms with Crippen LogP contribution in [0.1, 0.15) is 0 Å². The third-order valence-corrected chi connectivity index (χ3v) is 3.42. The zero-order valence-corrected chi connectivity index (χ0v) is 12.4. The van der Waals surface area contributed by atoms with Crippen molar-refractivity contribution in [3.05, 3.63) is 70.8 Å². The fourth-order valence-electron chi connectivity index (χ4n) is 2.15. The van der Waals surface area contributed by atoms with Gasteiger partial charge in [-0.25, -0.2) is 0 Å². The largest absolute Gasteiger partial charge is 0.365 e. The molecule has 2 aromatic carbocycles. The fourth-order valence-corrected chi connectivity index (χ4v) is 2.15. The molecule has 0 saturated heterocycles. The van der Waals surface area contributed by atoms with Gasteiger partial charge in [0.25, 0.3) is 0 Å². The smallest absolute Gasteiger partial charge is 0.308 e. The number of carbonyl (C=O) groups excluding carboxylic acids is 1. The minimum atomic E-state index is -1.48. The second-order valence-corrected chi connectivity index (χ2v) is 4.84. The predicted molar refractivity (Wildman–Crippen MR) is 85.5 cm³/mol. The van der Waals surface area contributed by atoms with E-state index in [2.05, 4.69) is 0 Å². The Morgan fingerprint density at radius 2 is 1.41 bits per heavy atom. The van der Waals surface area contributed by atoms with Crippen LogP contribution in [0.15, 0.2) is 60.7 Å². The number of hydrogen-bond acceptors (Lipinski definition) is 4. The van der Waals surface area contributed by atoms with Gasteiger partial charge in [-0.05, 0) is 24.3 Å². The van der Waals surface area contributed by atoms with Crippen LogP contribution in [0, 0.1) is 10.1 Å². The molecule has 2 aromatic rings. The molecule has 0 radical (unpaired) electrons. The minimum Gasteiger partial charge on any atom is -0.308 e. The van der Waals surface area contributed by atoms with Crippen LogP contribution in [0.5, 0.6) is 0 Å². The van der Waals surface area contributed by atoms with Gasteiger partial charge in [0.1, 0.15) is 0 Å². The van der Waals surface area contributed by atoms with Crippen LogP contribution in [0.2, 0.25) is 0 Å². The lowest BCUT2D eigenvalue weighted by molar-refractivity contribution is -0.506. The molecule has 0 bridgehead atoms. The maximum absolute atomic E-state index is 12.5. The Hall–Kier alpha value is -2.89. The minimum absolute atomic E-state index is 0.575. The van der Waals surface area contributed by atoms with Gasteiger partial charge in [0.2, 0.25) is 0 Å². The van der Waals surface area contributed by atoms with E-state index in [4.69, 9.17) is 0 Å². The lowest BCUT2D eigenvalue weighted by Gasteiger charge is -2.26. The van der Waals surface area contributed by atoms with E-state index in [1.165, 1.54) is 16.8 Å². The van der Waals surface area contributed by atoms with E-state index < -0.39 is 17.0 Å². The second kappa shape index (κ2) is 6.71. The summed E-state index contributed by atoms with van der Waals surface area (Å²) in [6.07, 6.45) is -1.48. The Bertz CT molecular complexity index is 646. The van der Waals surface area contributed by atoms with Crippen LogP contribution < -0.4 is 9.80 Å². The van der Waals surface area contributed by atoms with E-state index in [9.17, 15) is 14.9 Å². The molecule has 0 unspecified atom stereocenters. The highest BCUT2D eigenvalue weighted by Crippen LogP contribution is 2.18. The van der Waals surface area contributed by atoms with Crippen molar-refractivity contribution in [3.63, 3.8) is 0 Å². The van der Waals surface area contributed by atoms with Crippen LogP contribution in [0.4, 0.5) is 11.4 Å². The molecule has 0 aliphatic heterocycles. The summed E-state index contributed by atoms with van der Waals surface area (Å²) >= 11 is 0. The molecule has 0 aliphatic carbocycles. The first kappa shape index (κ1) is 15.5. The van der Waals surface area contributed by atoms with Crippen LogP contribution in [0.3, 0.4) is 0 Å². The van der Waals surface area contributed by atoms with Crippen LogP contribution in [0.25, 0.3) is 0 Å². The number of benzene rings is 2. The zero-order chi connectivity index (χ0) is 16.1. The number of nitro groups is 1. The van der Waals surface area contributed by atoms with Crippen molar-refractivity contribution in [2.24, 2.45) is 0 Å². The Balaban J connectivity index is 2.28. The van der Waals surface area contributed by atoms with Crippen LogP contribution in [-0.2, 0) is 4.79 Å². The standard InChI is InChI=1S/C16H17N3O3/c1-17(13-9-5-3-6-10-13)15(19(21)22)16(20)18(2)14-11-7-4-8-12-14/h3-12,15H,1-2H3/t15-/m0/s1. The highest BCUT2D eigenvalue weighted by atomic mass is 16.6. The first-order chi connectivity index (χ1) is 10.5. The Morgan fingerprint density at radius 1 is 0.955 bits per heavy atom. The molecule has 114 valence electrons. The Kier molecular flexibility index (Phi) is 4.73. The number of amides is 1. The molecule has 22 heavy (non-hydrogen) atoms. The highest BCUT2D eigenvalue weighted by Gasteiger charge is 2.37. The van der Waals surface area contributed by atoms with Gasteiger partial charge in [-0.15, -0.1) is 0 Å². The number of rotatable bonds is 5. The molecular weight excluding hydrogens is 282 g/mol. The van der Waals surface area contributed by atoms with Gasteiger partial charge in [0, 0.05) is 25.5 Å². The first-order valence-corrected chi connectivity index (χ1v) is 6.76. The average Bonchev–Trinajstić information content (AvgIpc) is 2.55. The van der Waals surface area contributed by atoms with E-state index >= 15 is 0 Å². The van der Waals surface area contributed by atoms with Crippen molar-refractivity contribution in [1.82, 2.24) is 0 Å². The molecule has 0 spiro atoms. The maximum atomic E-state index is 12.5. The number of likely N-dealkylation sites (N-methyl/N-ethyl adjacent to an activating group) is 2. The third-order valence-electron chi connectivity index (χ3n) is 3.42. The Morgan fingerprint density at radius 3 is 1.86 bits per heavy atom. The maximum Gasteiger partial charge on any atom is 0.365 e. The van der Waals surface area contributed by atoms with E-state index in [-0.39, 0.29) is 0 Å². The summed E-state index contributed by atoms with van der Waals surface area (Å²) in [5.74, 6) is -0.595. The molecule has 6 heteroatoms. The molecule has 6 nitrogen and oxygen atoms in total. The lowest BCUT2D eigenvalue weighted by Crippen LogP contribution is -2.51. The van der Waals surface area contributed by atoms with Gasteiger partial charge in [0.15, 0.2) is 0 Å². The molecular formula is C16H17N3O3. The number of nitrogens with zero attached hydrogens (tertiary/aromatic N) is 3. The van der Waals surface area contributed by atoms with Crippen LogP contribution >= 0.6 is 0 Å². The monoisotopic (exact) mass is 299 g/mol. The topological polar surface area (TPSA) is 66.7 Å². The predicted octanol–water partition coefficient (Wildman–Crippen LogP) is 2.39. The van der Waals surface area contributed by atoms with E-state index in [0.717, 1.165) is 0 Å². The summed E-state index contributed by atoms with van der Waals surface area (Å²) in [4.78, 5) is 26.0. The molecule has 0 N–H and O–H groups in total. The van der Waals surface area contributed by atoms with Crippen molar-refractivity contribution in [2.45, 2.75) is 6.17 Å². The Labute approximate surface area is 128 Å². The van der Waals surface area contributed by atoms with Crippen molar-refractivity contribution >= 4 is 17.3 Å². The molecule has 0 fully saturated rings. The van der Waals surface area contributed by atoms with Gasteiger partial charge in [-0.1, -0.05) is 36.4 Å². The first-order valence-electron chi connectivity index (χ1n) is 6.76. The van der Waals surface area contributed by atoms with E-state index in [1.54, 1.807) is 55.6 Å².